The van der Waals surface area contributed by atoms with Crippen molar-refractivity contribution < 1.29 is 19.1 Å². The molecule has 0 spiro atoms. The molecule has 0 radical (unpaired) electrons. The van der Waals surface area contributed by atoms with E-state index < -0.39 is 17.8 Å². The number of imide groups is 1. The number of halogens is 2. The van der Waals surface area contributed by atoms with E-state index in [4.69, 9.17) is 27.9 Å². The quantitative estimate of drug-likeness (QED) is 0.388. The lowest BCUT2D eigenvalue weighted by molar-refractivity contribution is -0.120. The highest BCUT2D eigenvalue weighted by Gasteiger charge is 2.39. The Morgan fingerprint density at radius 1 is 1.03 bits per heavy atom. The minimum atomic E-state index is -0.664. The molecule has 1 heterocycles. The summed E-state index contributed by atoms with van der Waals surface area (Å²) in [5.74, 6) is -1.70. The van der Waals surface area contributed by atoms with Crippen molar-refractivity contribution in [2.75, 3.05) is 16.8 Å². The van der Waals surface area contributed by atoms with Gasteiger partial charge in [0.1, 0.15) is 10.7 Å². The predicted octanol–water partition coefficient (Wildman–Crippen LogP) is 4.73. The number of rotatable bonds is 7. The average Bonchev–Trinajstić information content (AvgIpc) is 2.92. The molecule has 0 saturated carbocycles. The van der Waals surface area contributed by atoms with Crippen LogP contribution < -0.4 is 10.2 Å². The van der Waals surface area contributed by atoms with Gasteiger partial charge in [-0.1, -0.05) is 48.7 Å². The molecule has 29 heavy (non-hydrogen) atoms. The number of para-hydroxylation sites is 1. The second-order valence-corrected chi connectivity index (χ2v) is 7.06. The van der Waals surface area contributed by atoms with Gasteiger partial charge in [0.25, 0.3) is 11.8 Å². The highest BCUT2D eigenvalue weighted by atomic mass is 35.5. The van der Waals surface area contributed by atoms with Gasteiger partial charge in [0.2, 0.25) is 0 Å². The number of unbranched alkanes of at least 4 members (excludes halogenated alkanes) is 1. The summed E-state index contributed by atoms with van der Waals surface area (Å²) in [6.45, 7) is 2.38. The Balaban J connectivity index is 1.74. The lowest BCUT2D eigenvalue weighted by Gasteiger charge is -2.16. The maximum atomic E-state index is 12.8. The van der Waals surface area contributed by atoms with Gasteiger partial charge in [-0.3, -0.25) is 9.59 Å². The van der Waals surface area contributed by atoms with E-state index in [1.807, 2.05) is 6.92 Å². The van der Waals surface area contributed by atoms with Crippen molar-refractivity contribution in [3.05, 3.63) is 69.8 Å². The molecule has 6 nitrogen and oxygen atoms in total. The number of anilines is 2. The molecule has 1 N–H and O–H groups in total. The van der Waals surface area contributed by atoms with Crippen molar-refractivity contribution in [3.63, 3.8) is 0 Å². The van der Waals surface area contributed by atoms with Gasteiger partial charge in [0.15, 0.2) is 0 Å². The molecule has 150 valence electrons. The Morgan fingerprint density at radius 3 is 2.38 bits per heavy atom. The van der Waals surface area contributed by atoms with Crippen LogP contribution in [0.4, 0.5) is 11.4 Å². The second kappa shape index (κ2) is 9.11. The Hall–Kier alpha value is -2.83. The zero-order valence-corrected chi connectivity index (χ0v) is 17.1. The topological polar surface area (TPSA) is 75.7 Å². The van der Waals surface area contributed by atoms with E-state index in [2.05, 4.69) is 5.32 Å². The third-order valence-corrected chi connectivity index (χ3v) is 4.91. The van der Waals surface area contributed by atoms with Crippen LogP contribution in [0, 0.1) is 0 Å². The van der Waals surface area contributed by atoms with Crippen molar-refractivity contribution in [1.82, 2.24) is 0 Å². The van der Waals surface area contributed by atoms with Crippen LogP contribution in [0.2, 0.25) is 5.02 Å². The molecule has 0 bridgehead atoms. The first kappa shape index (κ1) is 20.9. The van der Waals surface area contributed by atoms with E-state index in [0.29, 0.717) is 17.9 Å². The lowest BCUT2D eigenvalue weighted by Crippen LogP contribution is -2.32. The molecule has 8 heteroatoms. The minimum absolute atomic E-state index is 0.0603. The van der Waals surface area contributed by atoms with Crippen LogP contribution in [-0.4, -0.2) is 24.4 Å². The largest absolute Gasteiger partial charge is 0.462 e. The van der Waals surface area contributed by atoms with Gasteiger partial charge in [0.05, 0.1) is 22.9 Å². The molecule has 0 atom stereocenters. The van der Waals surface area contributed by atoms with Crippen LogP contribution in [0.25, 0.3) is 0 Å². The number of carbonyl (C=O) groups is 3. The average molecular weight is 433 g/mol. The van der Waals surface area contributed by atoms with Gasteiger partial charge in [-0.2, -0.15) is 0 Å². The molecule has 1 aliphatic heterocycles. The molecular weight excluding hydrogens is 415 g/mol. The summed E-state index contributed by atoms with van der Waals surface area (Å²) >= 11 is 12.2. The summed E-state index contributed by atoms with van der Waals surface area (Å²) < 4.78 is 5.16. The number of amides is 2. The Bertz CT molecular complexity index is 986. The lowest BCUT2D eigenvalue weighted by atomic mass is 10.2. The van der Waals surface area contributed by atoms with Gasteiger partial charge >= 0.3 is 5.97 Å². The fraction of sp³-hybridized carbons (Fsp3) is 0.190. The van der Waals surface area contributed by atoms with E-state index in [1.165, 1.54) is 0 Å². The molecular formula is C21H18Cl2N2O4. The molecule has 0 fully saturated rings. The van der Waals surface area contributed by atoms with E-state index >= 15 is 0 Å². The molecule has 0 saturated heterocycles. The second-order valence-electron chi connectivity index (χ2n) is 6.28. The SMILES string of the molecule is CCCCOC(=O)c1ccc(NC2=C(Cl)C(=O)N(c3ccccc3Cl)C2=O)cc1. The Labute approximate surface area is 178 Å². The predicted molar refractivity (Wildman–Crippen MR) is 112 cm³/mol. The minimum Gasteiger partial charge on any atom is -0.462 e. The Kier molecular flexibility index (Phi) is 6.56. The van der Waals surface area contributed by atoms with Crippen molar-refractivity contribution in [2.24, 2.45) is 0 Å². The zero-order valence-electron chi connectivity index (χ0n) is 15.6. The van der Waals surface area contributed by atoms with E-state index in [9.17, 15) is 14.4 Å². The number of carbonyl (C=O) groups excluding carboxylic acids is 3. The van der Waals surface area contributed by atoms with Gasteiger partial charge < -0.3 is 10.1 Å². The third kappa shape index (κ3) is 4.44. The molecule has 2 aromatic carbocycles. The molecule has 1 aliphatic rings. The molecule has 3 rings (SSSR count). The smallest absolute Gasteiger partial charge is 0.338 e. The molecule has 0 unspecified atom stereocenters. The van der Waals surface area contributed by atoms with Gasteiger partial charge in [0, 0.05) is 5.69 Å². The van der Waals surface area contributed by atoms with E-state index in [1.54, 1.807) is 48.5 Å². The zero-order chi connectivity index (χ0) is 21.0. The molecule has 2 amide bonds. The van der Waals surface area contributed by atoms with Crippen LogP contribution in [-0.2, 0) is 14.3 Å². The number of hydrogen-bond donors (Lipinski definition) is 1. The van der Waals surface area contributed by atoms with Crippen LogP contribution in [0.5, 0.6) is 0 Å². The first-order valence-electron chi connectivity index (χ1n) is 9.01. The molecule has 0 aromatic heterocycles. The summed E-state index contributed by atoms with van der Waals surface area (Å²) in [4.78, 5) is 38.2. The van der Waals surface area contributed by atoms with E-state index in [-0.39, 0.29) is 21.4 Å². The van der Waals surface area contributed by atoms with Crippen molar-refractivity contribution in [1.29, 1.82) is 0 Å². The summed E-state index contributed by atoms with van der Waals surface area (Å²) in [7, 11) is 0. The van der Waals surface area contributed by atoms with Crippen LogP contribution in [0.15, 0.2) is 59.3 Å². The summed E-state index contributed by atoms with van der Waals surface area (Å²) in [6.07, 6.45) is 1.74. The van der Waals surface area contributed by atoms with Gasteiger partial charge in [-0.05, 0) is 42.8 Å². The van der Waals surface area contributed by atoms with Crippen LogP contribution in [0.1, 0.15) is 30.1 Å². The first-order valence-corrected chi connectivity index (χ1v) is 9.77. The first-order chi connectivity index (χ1) is 13.9. The summed E-state index contributed by atoms with van der Waals surface area (Å²) in [5.41, 5.74) is 1.07. The van der Waals surface area contributed by atoms with Crippen LogP contribution in [0.3, 0.4) is 0 Å². The Morgan fingerprint density at radius 2 is 1.72 bits per heavy atom. The van der Waals surface area contributed by atoms with Gasteiger partial charge in [-0.15, -0.1) is 0 Å². The fourth-order valence-electron chi connectivity index (χ4n) is 2.69. The van der Waals surface area contributed by atoms with Gasteiger partial charge in [-0.25, -0.2) is 9.69 Å². The number of ether oxygens (including phenoxy) is 1. The molecule has 0 aliphatic carbocycles. The van der Waals surface area contributed by atoms with E-state index in [0.717, 1.165) is 17.7 Å². The fourth-order valence-corrected chi connectivity index (χ4v) is 3.12. The number of benzene rings is 2. The maximum absolute atomic E-state index is 12.8. The summed E-state index contributed by atoms with van der Waals surface area (Å²) in [5, 5.41) is 2.87. The normalized spacial score (nSPS) is 13.8. The van der Waals surface area contributed by atoms with Crippen molar-refractivity contribution >= 4 is 52.4 Å². The van der Waals surface area contributed by atoms with Crippen LogP contribution >= 0.6 is 23.2 Å². The van der Waals surface area contributed by atoms with Crippen molar-refractivity contribution in [3.8, 4) is 0 Å². The van der Waals surface area contributed by atoms with Crippen molar-refractivity contribution in [2.45, 2.75) is 19.8 Å². The monoisotopic (exact) mass is 432 g/mol. The number of nitrogens with one attached hydrogen (secondary N) is 1. The highest BCUT2D eigenvalue weighted by Crippen LogP contribution is 2.34. The maximum Gasteiger partial charge on any atom is 0.338 e. The third-order valence-electron chi connectivity index (χ3n) is 4.24. The number of esters is 1. The molecule has 2 aromatic rings. The standard InChI is InChI=1S/C21H18Cl2N2O4/c1-2-3-12-29-21(28)13-8-10-14(11-9-13)24-18-17(23)19(26)25(20(18)27)16-7-5-4-6-15(16)22/h4-11,24H,2-3,12H2,1H3. The highest BCUT2D eigenvalue weighted by molar-refractivity contribution is 6.53. The number of hydrogen-bond acceptors (Lipinski definition) is 5. The summed E-state index contributed by atoms with van der Waals surface area (Å²) in [6, 6.07) is 12.8. The number of nitrogens with zero attached hydrogens (tertiary/aromatic N) is 1.